The number of fused-ring (bicyclic) bond motifs is 1. The van der Waals surface area contributed by atoms with Gasteiger partial charge in [0.1, 0.15) is 6.10 Å². The number of nitrogens with one attached hydrogen (secondary N) is 1. The number of aliphatic hydroxyl groups excluding tert-OH is 1. The first-order valence-corrected chi connectivity index (χ1v) is 17.9. The Morgan fingerprint density at radius 2 is 1.74 bits per heavy atom. The van der Waals surface area contributed by atoms with Crippen LogP contribution in [0.2, 0.25) is 0 Å². The van der Waals surface area contributed by atoms with Crippen molar-refractivity contribution in [1.29, 1.82) is 0 Å². The third kappa shape index (κ3) is 7.41. The zero-order chi connectivity index (χ0) is 33.3. The number of hydrogen-bond acceptors (Lipinski definition) is 9. The molecule has 2 aliphatic heterocycles. The Morgan fingerprint density at radius 1 is 1.02 bits per heavy atom. The van der Waals surface area contributed by atoms with Gasteiger partial charge in [0.25, 0.3) is 0 Å². The third-order valence-electron chi connectivity index (χ3n) is 9.35. The third-order valence-corrected chi connectivity index (χ3v) is 11.2. The molecule has 3 aliphatic rings. The molecule has 6 rings (SSSR count). The maximum Gasteiger partial charge on any atom is 0.407 e. The molecule has 254 valence electrons. The van der Waals surface area contributed by atoms with Gasteiger partial charge < -0.3 is 29.1 Å². The summed E-state index contributed by atoms with van der Waals surface area (Å²) >= 11 is 0. The Morgan fingerprint density at radius 3 is 2.43 bits per heavy atom. The lowest BCUT2D eigenvalue weighted by molar-refractivity contribution is -0.169. The molecule has 12 heteroatoms. The van der Waals surface area contributed by atoms with Crippen molar-refractivity contribution in [3.8, 4) is 11.3 Å². The van der Waals surface area contributed by atoms with Gasteiger partial charge in [0.15, 0.2) is 17.9 Å². The minimum Gasteiger partial charge on any atom is -0.445 e. The second kappa shape index (κ2) is 14.1. The summed E-state index contributed by atoms with van der Waals surface area (Å²) in [6.07, 6.45) is 0.366. The van der Waals surface area contributed by atoms with E-state index in [-0.39, 0.29) is 66.4 Å². The number of oxazole rings is 1. The summed E-state index contributed by atoms with van der Waals surface area (Å²) in [5, 5.41) is 14.5. The number of alkyl carbamates (subject to hydrolysis) is 1. The molecule has 3 aromatic rings. The average molecular weight is 668 g/mol. The van der Waals surface area contributed by atoms with Crippen molar-refractivity contribution in [3.05, 3.63) is 72.2 Å². The molecule has 2 N–H and O–H groups in total. The molecule has 2 saturated heterocycles. The lowest BCUT2D eigenvalue weighted by atomic mass is 9.98. The molecular formula is C35H45N3O8S. The van der Waals surface area contributed by atoms with Gasteiger partial charge in [-0.25, -0.2) is 18.2 Å². The molecule has 2 aromatic carbocycles. The highest BCUT2D eigenvalue weighted by Gasteiger charge is 2.56. The Hall–Kier alpha value is -3.29. The van der Waals surface area contributed by atoms with E-state index in [1.165, 1.54) is 16.4 Å². The van der Waals surface area contributed by atoms with E-state index >= 15 is 0 Å². The molecule has 1 amide bonds. The van der Waals surface area contributed by atoms with Crippen LogP contribution in [-0.4, -0.2) is 79.7 Å². The van der Waals surface area contributed by atoms with Crippen LogP contribution in [0.1, 0.15) is 51.5 Å². The highest BCUT2D eigenvalue weighted by Crippen LogP contribution is 2.49. The first-order chi connectivity index (χ1) is 22.5. The number of aliphatic hydroxyl groups is 1. The van der Waals surface area contributed by atoms with Crippen LogP contribution in [0.15, 0.2) is 70.1 Å². The number of benzene rings is 2. The first kappa shape index (κ1) is 33.6. The number of nitrogens with zero attached hydrogens (tertiary/aromatic N) is 2. The predicted molar refractivity (Wildman–Crippen MR) is 174 cm³/mol. The molecular weight excluding hydrogens is 622 g/mol. The summed E-state index contributed by atoms with van der Waals surface area (Å²) in [7, 11) is -4.01. The molecule has 2 bridgehead atoms. The van der Waals surface area contributed by atoms with Gasteiger partial charge in [0, 0.05) is 42.3 Å². The fourth-order valence-electron chi connectivity index (χ4n) is 6.95. The molecule has 1 aliphatic carbocycles. The van der Waals surface area contributed by atoms with Gasteiger partial charge in [0.05, 0.1) is 36.5 Å². The quantitative estimate of drug-likeness (QED) is 0.263. The normalized spacial score (nSPS) is 25.0. The van der Waals surface area contributed by atoms with Crippen LogP contribution < -0.4 is 5.32 Å². The number of rotatable bonds is 13. The Bertz CT molecular complexity index is 1610. The van der Waals surface area contributed by atoms with Crippen LogP contribution in [-0.2, 0) is 30.7 Å². The maximum atomic E-state index is 14.0. The van der Waals surface area contributed by atoms with E-state index in [2.05, 4.69) is 10.3 Å². The van der Waals surface area contributed by atoms with E-state index in [9.17, 15) is 18.3 Å². The highest BCUT2D eigenvalue weighted by atomic mass is 32.2. The summed E-state index contributed by atoms with van der Waals surface area (Å²) < 4.78 is 52.7. The molecule has 1 aromatic heterocycles. The molecule has 1 saturated carbocycles. The maximum absolute atomic E-state index is 14.0. The lowest BCUT2D eigenvalue weighted by Gasteiger charge is -2.31. The van der Waals surface area contributed by atoms with Crippen molar-refractivity contribution in [3.63, 3.8) is 0 Å². The topological polar surface area (TPSA) is 140 Å². The molecule has 11 nitrogen and oxygen atoms in total. The average Bonchev–Trinajstić information content (AvgIpc) is 3.76. The molecule has 0 spiro atoms. The molecule has 0 radical (unpaired) electrons. The van der Waals surface area contributed by atoms with Crippen LogP contribution in [0.4, 0.5) is 4.79 Å². The largest absolute Gasteiger partial charge is 0.445 e. The molecule has 47 heavy (non-hydrogen) atoms. The van der Waals surface area contributed by atoms with E-state index in [1.807, 2.05) is 58.0 Å². The van der Waals surface area contributed by atoms with Gasteiger partial charge >= 0.3 is 6.09 Å². The Kier molecular flexibility index (Phi) is 10.0. The van der Waals surface area contributed by atoms with Gasteiger partial charge in [0.2, 0.25) is 10.0 Å². The van der Waals surface area contributed by atoms with E-state index in [0.29, 0.717) is 30.4 Å². The van der Waals surface area contributed by atoms with Gasteiger partial charge in [-0.1, -0.05) is 58.0 Å². The fourth-order valence-corrected chi connectivity index (χ4v) is 8.57. The van der Waals surface area contributed by atoms with E-state index in [1.54, 1.807) is 18.3 Å². The van der Waals surface area contributed by atoms with Crippen LogP contribution in [0.25, 0.3) is 11.3 Å². The van der Waals surface area contributed by atoms with Crippen molar-refractivity contribution < 1.29 is 36.9 Å². The monoisotopic (exact) mass is 667 g/mol. The van der Waals surface area contributed by atoms with Crippen molar-refractivity contribution in [2.24, 2.45) is 23.7 Å². The second-order valence-corrected chi connectivity index (χ2v) is 15.6. The minimum absolute atomic E-state index is 0.0215. The van der Waals surface area contributed by atoms with E-state index in [4.69, 9.17) is 18.6 Å². The molecule has 3 fully saturated rings. The summed E-state index contributed by atoms with van der Waals surface area (Å²) in [6.45, 7) is 8.73. The van der Waals surface area contributed by atoms with Crippen LogP contribution in [0.3, 0.4) is 0 Å². The van der Waals surface area contributed by atoms with Gasteiger partial charge in [-0.2, -0.15) is 4.31 Å². The van der Waals surface area contributed by atoms with Crippen LogP contribution in [0, 0.1) is 23.7 Å². The number of hydrogen-bond donors (Lipinski definition) is 2. The molecule has 7 atom stereocenters. The first-order valence-electron chi connectivity index (χ1n) is 16.5. The van der Waals surface area contributed by atoms with Crippen LogP contribution >= 0.6 is 0 Å². The van der Waals surface area contributed by atoms with Gasteiger partial charge in [-0.15, -0.1) is 0 Å². The number of ether oxygens (including phenoxy) is 3. The number of carbonyl (C=O) groups is 1. The standard InChI is InChI=1S/C35H45N3O8S/c1-21(2)17-38(47(41,42)26-12-10-24(11-13-26)31-16-36-33(45-31)22(3)4)18-30(39)29(14-23-8-6-5-7-9-23)37-35(40)46-32-25-15-27-28(32)20-44-34(27)43-19-25/h5-13,16,21-22,25,27-30,32,34,39H,14-15,17-20H2,1-4H3,(H,37,40)/t25?,27-,28?,29-,30+,32?,34?/m0/s1. The number of sulfonamides is 1. The lowest BCUT2D eigenvalue weighted by Crippen LogP contribution is -2.52. The van der Waals surface area contributed by atoms with Crippen molar-refractivity contribution in [2.75, 3.05) is 26.3 Å². The second-order valence-electron chi connectivity index (χ2n) is 13.7. The van der Waals surface area contributed by atoms with Crippen LogP contribution in [0.5, 0.6) is 0 Å². The van der Waals surface area contributed by atoms with Crippen molar-refractivity contribution in [1.82, 2.24) is 14.6 Å². The van der Waals surface area contributed by atoms with Gasteiger partial charge in [-0.05, 0) is 48.6 Å². The zero-order valence-corrected chi connectivity index (χ0v) is 28.1. The Balaban J connectivity index is 1.18. The molecule has 3 heterocycles. The zero-order valence-electron chi connectivity index (χ0n) is 27.3. The minimum atomic E-state index is -4.01. The summed E-state index contributed by atoms with van der Waals surface area (Å²) in [4.78, 5) is 17.8. The van der Waals surface area contributed by atoms with E-state index < -0.39 is 28.3 Å². The van der Waals surface area contributed by atoms with Crippen molar-refractivity contribution >= 4 is 16.1 Å². The molecule has 4 unspecified atom stereocenters. The Labute approximate surface area is 276 Å². The van der Waals surface area contributed by atoms with E-state index in [0.717, 1.165) is 12.0 Å². The van der Waals surface area contributed by atoms with Crippen molar-refractivity contribution in [2.45, 2.75) is 75.9 Å². The van der Waals surface area contributed by atoms with Gasteiger partial charge in [-0.3, -0.25) is 0 Å². The number of amides is 1. The summed E-state index contributed by atoms with van der Waals surface area (Å²) in [5.74, 6) is 1.67. The summed E-state index contributed by atoms with van der Waals surface area (Å²) in [5.41, 5.74) is 1.60. The highest BCUT2D eigenvalue weighted by molar-refractivity contribution is 7.89. The smallest absolute Gasteiger partial charge is 0.407 e. The number of aromatic nitrogens is 1. The fraction of sp³-hybridized carbons (Fsp3) is 0.543. The predicted octanol–water partition coefficient (Wildman–Crippen LogP) is 4.82. The SMILES string of the molecule is CC(C)CN(C[C@@H](O)[C@H](Cc1ccccc1)NC(=O)OC1C2COC3OCC1[C@@H]3C2)S(=O)(=O)c1ccc(-c2cnc(C(C)C)o2)cc1. The summed E-state index contributed by atoms with van der Waals surface area (Å²) in [6, 6.07) is 15.1. The number of carbonyl (C=O) groups excluding carboxylic acids is 1.